The molecule has 3 rings (SSSR count). The van der Waals surface area contributed by atoms with Crippen LogP contribution in [0.4, 0.5) is 0 Å². The van der Waals surface area contributed by atoms with Crippen molar-refractivity contribution in [3.8, 4) is 0 Å². The van der Waals surface area contributed by atoms with Crippen molar-refractivity contribution >= 4 is 17.2 Å². The average Bonchev–Trinajstić information content (AvgIpc) is 2.87. The van der Waals surface area contributed by atoms with E-state index in [1.807, 2.05) is 12.1 Å². The molecule has 1 unspecified atom stereocenters. The largest absolute Gasteiger partial charge is 0.309 e. The van der Waals surface area contributed by atoms with Gasteiger partial charge in [-0.3, -0.25) is 0 Å². The van der Waals surface area contributed by atoms with Crippen LogP contribution < -0.4 is 5.32 Å². The van der Waals surface area contributed by atoms with E-state index in [1.165, 1.54) is 6.42 Å². The van der Waals surface area contributed by atoms with E-state index in [0.29, 0.717) is 11.2 Å². The monoisotopic (exact) mass is 222 g/mol. The number of hydrogen-bond acceptors (Lipinski definition) is 3. The number of nitrogens with one attached hydrogen (secondary N) is 1. The molecule has 78 valence electrons. The van der Waals surface area contributed by atoms with Gasteiger partial charge in [0.15, 0.2) is 10.8 Å². The Hall–Kier alpha value is -1.13. The molecule has 5 heteroatoms. The summed E-state index contributed by atoms with van der Waals surface area (Å²) in [6.07, 6.45) is 4.00. The number of imidazole rings is 1. The first-order chi connectivity index (χ1) is 7.36. The topological polar surface area (TPSA) is 42.2 Å². The van der Waals surface area contributed by atoms with Gasteiger partial charge in [0, 0.05) is 6.20 Å². The first-order valence-electron chi connectivity index (χ1n) is 5.09. The third-order valence-corrected chi connectivity index (χ3v) is 3.11. The first-order valence-corrected chi connectivity index (χ1v) is 5.46. The lowest BCUT2D eigenvalue weighted by atomic mass is 10.2. The number of aromatic nitrogens is 3. The van der Waals surface area contributed by atoms with Crippen molar-refractivity contribution in [1.82, 2.24) is 19.9 Å². The van der Waals surface area contributed by atoms with E-state index < -0.39 is 0 Å². The molecule has 0 aromatic carbocycles. The molecule has 0 saturated carbocycles. The Morgan fingerprint density at radius 2 is 2.47 bits per heavy atom. The second-order valence-corrected chi connectivity index (χ2v) is 4.09. The fourth-order valence-corrected chi connectivity index (χ4v) is 2.32. The van der Waals surface area contributed by atoms with Crippen LogP contribution in [0.15, 0.2) is 18.3 Å². The van der Waals surface area contributed by atoms with Crippen LogP contribution in [-0.4, -0.2) is 21.1 Å². The molecule has 4 nitrogen and oxygen atoms in total. The van der Waals surface area contributed by atoms with E-state index >= 15 is 0 Å². The third-order valence-electron chi connectivity index (χ3n) is 2.75. The molecule has 0 aliphatic carbocycles. The fraction of sp³-hybridized carbons (Fsp3) is 0.400. The minimum Gasteiger partial charge on any atom is -0.309 e. The maximum absolute atomic E-state index is 6.24. The average molecular weight is 223 g/mol. The van der Waals surface area contributed by atoms with Crippen LogP contribution >= 0.6 is 11.6 Å². The highest BCUT2D eigenvalue weighted by Gasteiger charge is 2.23. The highest BCUT2D eigenvalue weighted by molar-refractivity contribution is 6.30. The van der Waals surface area contributed by atoms with E-state index in [1.54, 1.807) is 10.7 Å². The Morgan fingerprint density at radius 3 is 3.20 bits per heavy atom. The maximum Gasteiger partial charge on any atom is 0.156 e. The highest BCUT2D eigenvalue weighted by Crippen LogP contribution is 2.28. The Morgan fingerprint density at radius 1 is 1.53 bits per heavy atom. The van der Waals surface area contributed by atoms with Crippen LogP contribution in [0.25, 0.3) is 5.65 Å². The summed E-state index contributed by atoms with van der Waals surface area (Å²) < 4.78 is 1.68. The Labute approximate surface area is 92.3 Å². The maximum atomic E-state index is 6.24. The third kappa shape index (κ3) is 1.41. The molecule has 0 spiro atoms. The zero-order valence-electron chi connectivity index (χ0n) is 8.15. The number of halogens is 1. The van der Waals surface area contributed by atoms with Crippen molar-refractivity contribution in [2.75, 3.05) is 6.54 Å². The van der Waals surface area contributed by atoms with Gasteiger partial charge in [-0.15, -0.1) is 0 Å². The molecular formula is C10H11ClN4. The van der Waals surface area contributed by atoms with Crippen molar-refractivity contribution < 1.29 is 0 Å². The lowest BCUT2D eigenvalue weighted by Gasteiger charge is -2.05. The number of rotatable bonds is 1. The molecular weight excluding hydrogens is 212 g/mol. The molecule has 3 heterocycles. The molecule has 0 bridgehead atoms. The zero-order chi connectivity index (χ0) is 10.3. The van der Waals surface area contributed by atoms with Gasteiger partial charge in [-0.1, -0.05) is 11.6 Å². The van der Waals surface area contributed by atoms with Gasteiger partial charge in [-0.2, -0.15) is 5.10 Å². The molecule has 1 aliphatic heterocycles. The van der Waals surface area contributed by atoms with Crippen LogP contribution in [0.2, 0.25) is 5.15 Å². The molecule has 15 heavy (non-hydrogen) atoms. The molecule has 1 atom stereocenters. The van der Waals surface area contributed by atoms with E-state index in [0.717, 1.165) is 24.3 Å². The molecule has 2 aromatic rings. The van der Waals surface area contributed by atoms with Crippen molar-refractivity contribution in [3.63, 3.8) is 0 Å². The first kappa shape index (κ1) is 9.12. The van der Waals surface area contributed by atoms with Crippen molar-refractivity contribution in [3.05, 3.63) is 29.2 Å². The zero-order valence-corrected chi connectivity index (χ0v) is 8.91. The van der Waals surface area contributed by atoms with Crippen LogP contribution in [-0.2, 0) is 0 Å². The fourth-order valence-electron chi connectivity index (χ4n) is 2.02. The SMILES string of the molecule is Clc1c(C2CCCN2)nc2cccnn12. The second-order valence-electron chi connectivity index (χ2n) is 3.73. The highest BCUT2D eigenvalue weighted by atomic mass is 35.5. The summed E-state index contributed by atoms with van der Waals surface area (Å²) in [5.74, 6) is 0. The normalized spacial score (nSPS) is 21.3. The summed E-state index contributed by atoms with van der Waals surface area (Å²) in [5, 5.41) is 8.18. The minimum atomic E-state index is 0.291. The molecule has 1 fully saturated rings. The van der Waals surface area contributed by atoms with Gasteiger partial charge in [0.1, 0.15) is 0 Å². The minimum absolute atomic E-state index is 0.291. The molecule has 1 saturated heterocycles. The van der Waals surface area contributed by atoms with Gasteiger partial charge in [-0.05, 0) is 31.5 Å². The van der Waals surface area contributed by atoms with Gasteiger partial charge >= 0.3 is 0 Å². The predicted molar refractivity (Wildman–Crippen MR) is 58.0 cm³/mol. The Bertz CT molecular complexity index is 487. The smallest absolute Gasteiger partial charge is 0.156 e. The van der Waals surface area contributed by atoms with Crippen molar-refractivity contribution in [2.24, 2.45) is 0 Å². The van der Waals surface area contributed by atoms with Crippen LogP contribution in [0.5, 0.6) is 0 Å². The molecule has 2 aromatic heterocycles. The van der Waals surface area contributed by atoms with E-state index in [2.05, 4.69) is 15.4 Å². The summed E-state index contributed by atoms with van der Waals surface area (Å²) in [6.45, 7) is 1.04. The van der Waals surface area contributed by atoms with Gasteiger partial charge in [0.25, 0.3) is 0 Å². The standard InChI is InChI=1S/C10H11ClN4/c11-10-9(7-3-1-5-12-7)14-8-4-2-6-13-15(8)10/h2,4,6-7,12H,1,3,5H2. The van der Waals surface area contributed by atoms with Gasteiger partial charge in [0.05, 0.1) is 11.7 Å². The summed E-state index contributed by atoms with van der Waals surface area (Å²) in [6, 6.07) is 4.07. The van der Waals surface area contributed by atoms with Gasteiger partial charge < -0.3 is 5.32 Å². The second kappa shape index (κ2) is 3.47. The van der Waals surface area contributed by atoms with Gasteiger partial charge in [-0.25, -0.2) is 9.50 Å². The van der Waals surface area contributed by atoms with Crippen LogP contribution in [0.3, 0.4) is 0 Å². The predicted octanol–water partition coefficient (Wildman–Crippen LogP) is 1.81. The van der Waals surface area contributed by atoms with Gasteiger partial charge in [0.2, 0.25) is 0 Å². The Kier molecular flexibility index (Phi) is 2.11. The van der Waals surface area contributed by atoms with E-state index in [-0.39, 0.29) is 0 Å². The number of hydrogen-bond donors (Lipinski definition) is 1. The molecule has 1 N–H and O–H groups in total. The lowest BCUT2D eigenvalue weighted by molar-refractivity contribution is 0.631. The summed E-state index contributed by atoms with van der Waals surface area (Å²) >= 11 is 6.24. The number of nitrogens with zero attached hydrogens (tertiary/aromatic N) is 3. The van der Waals surface area contributed by atoms with E-state index in [9.17, 15) is 0 Å². The molecule has 0 radical (unpaired) electrons. The molecule has 1 aliphatic rings. The lowest BCUT2D eigenvalue weighted by Crippen LogP contribution is -2.13. The van der Waals surface area contributed by atoms with Crippen LogP contribution in [0, 0.1) is 0 Å². The Balaban J connectivity index is 2.14. The van der Waals surface area contributed by atoms with E-state index in [4.69, 9.17) is 11.6 Å². The van der Waals surface area contributed by atoms with Crippen molar-refractivity contribution in [1.29, 1.82) is 0 Å². The summed E-state index contributed by atoms with van der Waals surface area (Å²) in [7, 11) is 0. The summed E-state index contributed by atoms with van der Waals surface area (Å²) in [5.41, 5.74) is 1.74. The summed E-state index contributed by atoms with van der Waals surface area (Å²) in [4.78, 5) is 4.50. The quantitative estimate of drug-likeness (QED) is 0.800. The van der Waals surface area contributed by atoms with Crippen LogP contribution in [0.1, 0.15) is 24.6 Å². The van der Waals surface area contributed by atoms with Crippen molar-refractivity contribution in [2.45, 2.75) is 18.9 Å². The molecule has 0 amide bonds. The number of fused-ring (bicyclic) bond motifs is 1.